The second-order valence-electron chi connectivity index (χ2n) is 6.21. The van der Waals surface area contributed by atoms with E-state index in [4.69, 9.17) is 4.74 Å². The number of ether oxygens (including phenoxy) is 1. The van der Waals surface area contributed by atoms with E-state index in [9.17, 15) is 4.79 Å². The topological polar surface area (TPSA) is 59.4 Å². The van der Waals surface area contributed by atoms with Crippen molar-refractivity contribution in [2.75, 3.05) is 23.3 Å². The Balaban J connectivity index is 1.76. The van der Waals surface area contributed by atoms with Crippen LogP contribution >= 0.6 is 0 Å². The van der Waals surface area contributed by atoms with Crippen LogP contribution in [0.5, 0.6) is 5.75 Å². The third kappa shape index (κ3) is 3.09. The van der Waals surface area contributed by atoms with Gasteiger partial charge < -0.3 is 15.0 Å². The Labute approximate surface area is 142 Å². The fourth-order valence-corrected chi connectivity index (χ4v) is 3.05. The van der Waals surface area contributed by atoms with Gasteiger partial charge in [0, 0.05) is 7.05 Å². The first-order chi connectivity index (χ1) is 11.5. The maximum absolute atomic E-state index is 12.6. The average molecular weight is 328 g/mol. The number of fused-ring (bicyclic) bond motifs is 1. The molecular formula is C18H24N4O2. The van der Waals surface area contributed by atoms with E-state index < -0.39 is 0 Å². The smallest absolute Gasteiger partial charge is 0.243 e. The highest BCUT2D eigenvalue weighted by molar-refractivity contribution is 5.95. The van der Waals surface area contributed by atoms with Crippen LogP contribution in [-0.4, -0.2) is 34.9 Å². The third-order valence-corrected chi connectivity index (χ3v) is 4.49. The molecule has 2 aromatic rings. The first-order valence-electron chi connectivity index (χ1n) is 8.30. The molecule has 0 aliphatic carbocycles. The van der Waals surface area contributed by atoms with Crippen LogP contribution in [0.1, 0.15) is 24.7 Å². The minimum atomic E-state index is -0.0410. The largest absolute Gasteiger partial charge is 0.486 e. The van der Waals surface area contributed by atoms with Gasteiger partial charge in [-0.15, -0.1) is 0 Å². The van der Waals surface area contributed by atoms with Crippen molar-refractivity contribution in [3.05, 3.63) is 35.7 Å². The zero-order valence-electron chi connectivity index (χ0n) is 14.7. The average Bonchev–Trinajstić information content (AvgIpc) is 2.81. The van der Waals surface area contributed by atoms with Gasteiger partial charge in [0.15, 0.2) is 0 Å². The predicted molar refractivity (Wildman–Crippen MR) is 94.7 cm³/mol. The molecule has 3 rings (SSSR count). The molecule has 1 atom stereocenters. The van der Waals surface area contributed by atoms with Gasteiger partial charge in [0.2, 0.25) is 5.91 Å². The summed E-state index contributed by atoms with van der Waals surface area (Å²) in [6, 6.07) is 7.87. The summed E-state index contributed by atoms with van der Waals surface area (Å²) < 4.78 is 7.75. The lowest BCUT2D eigenvalue weighted by Crippen LogP contribution is -2.43. The van der Waals surface area contributed by atoms with Crippen LogP contribution in [0.4, 0.5) is 11.4 Å². The third-order valence-electron chi connectivity index (χ3n) is 4.49. The van der Waals surface area contributed by atoms with E-state index in [1.807, 2.05) is 45.2 Å². The van der Waals surface area contributed by atoms with E-state index in [0.29, 0.717) is 13.1 Å². The summed E-state index contributed by atoms with van der Waals surface area (Å²) in [6.45, 7) is 6.96. The Bertz CT molecular complexity index is 753. The Kier molecular flexibility index (Phi) is 4.46. The number of aryl methyl sites for hydroxylation is 2. The van der Waals surface area contributed by atoms with Gasteiger partial charge in [-0.2, -0.15) is 5.10 Å². The molecule has 1 aliphatic heterocycles. The van der Waals surface area contributed by atoms with E-state index >= 15 is 0 Å². The molecule has 0 bridgehead atoms. The van der Waals surface area contributed by atoms with E-state index in [0.717, 1.165) is 34.9 Å². The van der Waals surface area contributed by atoms with Gasteiger partial charge in [-0.1, -0.05) is 19.1 Å². The SMILES string of the molecule is CC[C@@H]1CN(CC(=O)Nc2c(C)nn(C)c2C)c2ccccc2O1. The lowest BCUT2D eigenvalue weighted by atomic mass is 10.1. The number of carbonyl (C=O) groups is 1. The summed E-state index contributed by atoms with van der Waals surface area (Å²) in [4.78, 5) is 14.7. The van der Waals surface area contributed by atoms with Gasteiger partial charge in [0.1, 0.15) is 11.9 Å². The molecule has 2 heterocycles. The molecule has 0 unspecified atom stereocenters. The number of nitrogens with one attached hydrogen (secondary N) is 1. The van der Waals surface area contributed by atoms with Gasteiger partial charge in [-0.05, 0) is 32.4 Å². The molecule has 1 aliphatic rings. The van der Waals surface area contributed by atoms with Crippen molar-refractivity contribution in [3.8, 4) is 5.75 Å². The zero-order chi connectivity index (χ0) is 17.3. The number of nitrogens with zero attached hydrogens (tertiary/aromatic N) is 3. The summed E-state index contributed by atoms with van der Waals surface area (Å²) in [6.07, 6.45) is 1.02. The number of benzene rings is 1. The van der Waals surface area contributed by atoms with Crippen LogP contribution in [0.2, 0.25) is 0 Å². The first-order valence-corrected chi connectivity index (χ1v) is 8.30. The van der Waals surface area contributed by atoms with Gasteiger partial charge >= 0.3 is 0 Å². The Morgan fingerprint density at radius 3 is 2.79 bits per heavy atom. The lowest BCUT2D eigenvalue weighted by molar-refractivity contribution is -0.115. The zero-order valence-corrected chi connectivity index (χ0v) is 14.7. The molecule has 0 spiro atoms. The maximum atomic E-state index is 12.6. The van der Waals surface area contributed by atoms with Gasteiger partial charge in [0.05, 0.1) is 35.9 Å². The second-order valence-corrected chi connectivity index (χ2v) is 6.21. The molecule has 0 radical (unpaired) electrons. The van der Waals surface area contributed by atoms with Gasteiger partial charge in [0.25, 0.3) is 0 Å². The van der Waals surface area contributed by atoms with Crippen LogP contribution in [0.25, 0.3) is 0 Å². The number of carbonyl (C=O) groups excluding carboxylic acids is 1. The summed E-state index contributed by atoms with van der Waals surface area (Å²) in [5, 5.41) is 7.35. The molecule has 128 valence electrons. The fraction of sp³-hybridized carbons (Fsp3) is 0.444. The minimum absolute atomic E-state index is 0.0410. The molecule has 1 aromatic carbocycles. The van der Waals surface area contributed by atoms with Crippen molar-refractivity contribution in [2.45, 2.75) is 33.3 Å². The van der Waals surface area contributed by atoms with Crippen molar-refractivity contribution < 1.29 is 9.53 Å². The normalized spacial score (nSPS) is 16.5. The highest BCUT2D eigenvalue weighted by Gasteiger charge is 2.26. The number of rotatable bonds is 4. The van der Waals surface area contributed by atoms with Gasteiger partial charge in [-0.3, -0.25) is 9.48 Å². The first kappa shape index (κ1) is 16.4. The monoisotopic (exact) mass is 328 g/mol. The Morgan fingerprint density at radius 2 is 2.12 bits per heavy atom. The molecular weight excluding hydrogens is 304 g/mol. The lowest BCUT2D eigenvalue weighted by Gasteiger charge is -2.35. The van der Waals surface area contributed by atoms with Crippen LogP contribution < -0.4 is 15.0 Å². The predicted octanol–water partition coefficient (Wildman–Crippen LogP) is 2.65. The quantitative estimate of drug-likeness (QED) is 0.937. The Hall–Kier alpha value is -2.50. The molecule has 1 amide bonds. The van der Waals surface area contributed by atoms with Crippen LogP contribution in [0.3, 0.4) is 0 Å². The van der Waals surface area contributed by atoms with Crippen LogP contribution in [-0.2, 0) is 11.8 Å². The fourth-order valence-electron chi connectivity index (χ4n) is 3.05. The highest BCUT2D eigenvalue weighted by atomic mass is 16.5. The number of hydrogen-bond acceptors (Lipinski definition) is 4. The summed E-state index contributed by atoms with van der Waals surface area (Å²) in [5.41, 5.74) is 3.56. The van der Waals surface area contributed by atoms with Crippen molar-refractivity contribution in [3.63, 3.8) is 0 Å². The summed E-state index contributed by atoms with van der Waals surface area (Å²) >= 11 is 0. The standard InChI is InChI=1S/C18H24N4O2/c1-5-14-10-22(15-8-6-7-9-16(15)24-14)11-17(23)19-18-12(2)20-21(4)13(18)3/h6-9,14H,5,10-11H2,1-4H3,(H,19,23)/t14-/m1/s1. The molecule has 0 fully saturated rings. The summed E-state index contributed by atoms with van der Waals surface area (Å²) in [5.74, 6) is 0.804. The maximum Gasteiger partial charge on any atom is 0.243 e. The van der Waals surface area contributed by atoms with Crippen molar-refractivity contribution in [1.82, 2.24) is 9.78 Å². The minimum Gasteiger partial charge on any atom is -0.486 e. The second kappa shape index (κ2) is 6.55. The van der Waals surface area contributed by atoms with E-state index in [-0.39, 0.29) is 12.0 Å². The molecule has 24 heavy (non-hydrogen) atoms. The molecule has 1 N–H and O–H groups in total. The Morgan fingerprint density at radius 1 is 1.38 bits per heavy atom. The van der Waals surface area contributed by atoms with Crippen molar-refractivity contribution >= 4 is 17.3 Å². The van der Waals surface area contributed by atoms with Crippen LogP contribution in [0.15, 0.2) is 24.3 Å². The molecule has 0 saturated carbocycles. The number of amides is 1. The molecule has 0 saturated heterocycles. The van der Waals surface area contributed by atoms with E-state index in [1.165, 1.54) is 0 Å². The van der Waals surface area contributed by atoms with Crippen molar-refractivity contribution in [2.24, 2.45) is 7.05 Å². The summed E-state index contributed by atoms with van der Waals surface area (Å²) in [7, 11) is 1.88. The van der Waals surface area contributed by atoms with E-state index in [1.54, 1.807) is 4.68 Å². The number of hydrogen-bond donors (Lipinski definition) is 1. The molecule has 6 heteroatoms. The molecule has 6 nitrogen and oxygen atoms in total. The number of aromatic nitrogens is 2. The van der Waals surface area contributed by atoms with E-state index in [2.05, 4.69) is 22.2 Å². The van der Waals surface area contributed by atoms with Crippen molar-refractivity contribution in [1.29, 1.82) is 0 Å². The highest BCUT2D eigenvalue weighted by Crippen LogP contribution is 2.33. The number of para-hydroxylation sites is 2. The molecule has 1 aromatic heterocycles. The number of anilines is 2. The van der Waals surface area contributed by atoms with Gasteiger partial charge in [-0.25, -0.2) is 0 Å². The van der Waals surface area contributed by atoms with Crippen LogP contribution in [0, 0.1) is 13.8 Å².